The Labute approximate surface area is 118 Å². The van der Waals surface area contributed by atoms with Crippen LogP contribution in [0.5, 0.6) is 0 Å². The highest BCUT2D eigenvalue weighted by Crippen LogP contribution is 2.02. The molecule has 0 aromatic heterocycles. The predicted molar refractivity (Wildman–Crippen MR) is 73.3 cm³/mol. The lowest BCUT2D eigenvalue weighted by Gasteiger charge is -2.28. The molecule has 2 amide bonds. The number of hydrogen-bond donors (Lipinski definition) is 1. The van der Waals surface area contributed by atoms with Gasteiger partial charge < -0.3 is 19.6 Å². The molecular weight excluding hydrogens is 264 g/mol. The maximum atomic E-state index is 12.2. The number of nitrogens with zero attached hydrogens (tertiary/aromatic N) is 2. The van der Waals surface area contributed by atoms with Crippen LogP contribution >= 0.6 is 0 Å². The first-order valence-electron chi connectivity index (χ1n) is 6.48. The average Bonchev–Trinajstić information content (AvgIpc) is 2.36. The Balaban J connectivity index is 4.83. The van der Waals surface area contributed by atoms with Gasteiger partial charge in [-0.3, -0.25) is 9.59 Å². The zero-order valence-electron chi connectivity index (χ0n) is 12.0. The summed E-state index contributed by atoms with van der Waals surface area (Å²) in [5.74, 6) is -1.63. The average molecular weight is 286 g/mol. The third kappa shape index (κ3) is 6.77. The molecule has 0 unspecified atom stereocenters. The summed E-state index contributed by atoms with van der Waals surface area (Å²) >= 11 is 0. The van der Waals surface area contributed by atoms with Crippen LogP contribution in [0.15, 0.2) is 12.7 Å². The van der Waals surface area contributed by atoms with Crippen molar-refractivity contribution in [3.05, 3.63) is 12.7 Å². The number of urea groups is 1. The lowest BCUT2D eigenvalue weighted by Crippen LogP contribution is -2.47. The fraction of sp³-hybridized carbons (Fsp3) is 0.615. The van der Waals surface area contributed by atoms with Gasteiger partial charge in [-0.1, -0.05) is 13.0 Å². The molecule has 0 aliphatic rings. The summed E-state index contributed by atoms with van der Waals surface area (Å²) in [7, 11) is 0. The smallest absolute Gasteiger partial charge is 0.325 e. The molecular formula is C13H22N2O5. The van der Waals surface area contributed by atoms with E-state index >= 15 is 0 Å². The van der Waals surface area contributed by atoms with Crippen LogP contribution in [0.3, 0.4) is 0 Å². The van der Waals surface area contributed by atoms with Gasteiger partial charge in [0.15, 0.2) is 0 Å². The van der Waals surface area contributed by atoms with E-state index < -0.39 is 24.5 Å². The van der Waals surface area contributed by atoms with Crippen LogP contribution in [-0.2, 0) is 14.3 Å². The van der Waals surface area contributed by atoms with Crippen LogP contribution in [0.2, 0.25) is 0 Å². The number of carboxylic acid groups (broad SMARTS) is 1. The molecule has 0 radical (unpaired) electrons. The maximum absolute atomic E-state index is 12.2. The van der Waals surface area contributed by atoms with Gasteiger partial charge in [0, 0.05) is 13.1 Å². The summed E-state index contributed by atoms with van der Waals surface area (Å²) in [5, 5.41) is 8.80. The molecule has 0 spiro atoms. The minimum Gasteiger partial charge on any atom is -0.480 e. The first-order chi connectivity index (χ1) is 9.46. The summed E-state index contributed by atoms with van der Waals surface area (Å²) in [5.41, 5.74) is 0. The molecule has 0 saturated carbocycles. The fourth-order valence-corrected chi connectivity index (χ4v) is 1.60. The molecule has 0 aliphatic carbocycles. The highest BCUT2D eigenvalue weighted by molar-refractivity contribution is 5.83. The number of carbonyl (C=O) groups is 3. The number of ether oxygens (including phenoxy) is 1. The molecule has 114 valence electrons. The summed E-state index contributed by atoms with van der Waals surface area (Å²) < 4.78 is 4.80. The number of amides is 2. The summed E-state index contributed by atoms with van der Waals surface area (Å²) in [6.45, 7) is 7.10. The van der Waals surface area contributed by atoms with Crippen molar-refractivity contribution in [2.75, 3.05) is 32.8 Å². The summed E-state index contributed by atoms with van der Waals surface area (Å²) in [6.07, 6.45) is 2.09. The number of carbonyl (C=O) groups excluding carboxylic acids is 2. The second-order valence-corrected chi connectivity index (χ2v) is 4.07. The van der Waals surface area contributed by atoms with Gasteiger partial charge in [-0.2, -0.15) is 0 Å². The Morgan fingerprint density at radius 2 is 1.85 bits per heavy atom. The second kappa shape index (κ2) is 9.82. The van der Waals surface area contributed by atoms with Crippen molar-refractivity contribution in [2.45, 2.75) is 20.3 Å². The van der Waals surface area contributed by atoms with E-state index in [2.05, 4.69) is 6.58 Å². The molecule has 0 aromatic rings. The zero-order chi connectivity index (χ0) is 15.5. The Morgan fingerprint density at radius 3 is 2.30 bits per heavy atom. The molecule has 0 saturated heterocycles. The van der Waals surface area contributed by atoms with Crippen LogP contribution in [0.25, 0.3) is 0 Å². The zero-order valence-corrected chi connectivity index (χ0v) is 12.0. The largest absolute Gasteiger partial charge is 0.480 e. The second-order valence-electron chi connectivity index (χ2n) is 4.07. The summed E-state index contributed by atoms with van der Waals surface area (Å²) in [6, 6.07) is -0.512. The van der Waals surface area contributed by atoms with Crippen molar-refractivity contribution < 1.29 is 24.2 Å². The standard InChI is InChI=1S/C13H22N2O5/c1-4-7-14(9-11(16)17)13(19)15(8-5-2)10-12(18)20-6-3/h4H,1,5-10H2,2-3H3,(H,16,17). The number of esters is 1. The van der Waals surface area contributed by atoms with Crippen molar-refractivity contribution in [1.82, 2.24) is 9.80 Å². The highest BCUT2D eigenvalue weighted by Gasteiger charge is 2.23. The molecule has 0 aliphatic heterocycles. The van der Waals surface area contributed by atoms with Gasteiger partial charge in [-0.05, 0) is 13.3 Å². The van der Waals surface area contributed by atoms with E-state index in [1.807, 2.05) is 6.92 Å². The van der Waals surface area contributed by atoms with E-state index in [9.17, 15) is 14.4 Å². The first kappa shape index (κ1) is 17.9. The number of carboxylic acids is 1. The Kier molecular flexibility index (Phi) is 8.82. The van der Waals surface area contributed by atoms with Crippen molar-refractivity contribution in [3.63, 3.8) is 0 Å². The topological polar surface area (TPSA) is 87.2 Å². The predicted octanol–water partition coefficient (Wildman–Crippen LogP) is 0.954. The summed E-state index contributed by atoms with van der Waals surface area (Å²) in [4.78, 5) is 36.8. The van der Waals surface area contributed by atoms with Crippen LogP contribution < -0.4 is 0 Å². The Hall–Kier alpha value is -2.05. The van der Waals surface area contributed by atoms with Crippen LogP contribution in [0, 0.1) is 0 Å². The monoisotopic (exact) mass is 286 g/mol. The van der Waals surface area contributed by atoms with Crippen molar-refractivity contribution in [2.24, 2.45) is 0 Å². The van der Waals surface area contributed by atoms with Gasteiger partial charge in [0.1, 0.15) is 13.1 Å². The fourth-order valence-electron chi connectivity index (χ4n) is 1.60. The first-order valence-corrected chi connectivity index (χ1v) is 6.48. The van der Waals surface area contributed by atoms with E-state index in [4.69, 9.17) is 9.84 Å². The highest BCUT2D eigenvalue weighted by atomic mass is 16.5. The Morgan fingerprint density at radius 1 is 1.20 bits per heavy atom. The van der Waals surface area contributed by atoms with Crippen LogP contribution in [0.4, 0.5) is 4.79 Å². The molecule has 0 aromatic carbocycles. The van der Waals surface area contributed by atoms with Gasteiger partial charge in [0.2, 0.25) is 0 Å². The van der Waals surface area contributed by atoms with Crippen LogP contribution in [0.1, 0.15) is 20.3 Å². The number of rotatable bonds is 9. The van der Waals surface area contributed by atoms with Crippen molar-refractivity contribution in [3.8, 4) is 0 Å². The third-order valence-corrected chi connectivity index (χ3v) is 2.34. The van der Waals surface area contributed by atoms with Gasteiger partial charge in [0.25, 0.3) is 0 Å². The van der Waals surface area contributed by atoms with Crippen molar-refractivity contribution in [1.29, 1.82) is 0 Å². The van der Waals surface area contributed by atoms with E-state index in [0.717, 1.165) is 4.90 Å². The maximum Gasteiger partial charge on any atom is 0.325 e. The molecule has 0 heterocycles. The molecule has 0 rings (SSSR count). The van der Waals surface area contributed by atoms with Crippen LogP contribution in [-0.4, -0.2) is 65.7 Å². The van der Waals surface area contributed by atoms with Gasteiger partial charge in [-0.15, -0.1) is 6.58 Å². The minimum atomic E-state index is -1.12. The van der Waals surface area contributed by atoms with E-state index in [1.165, 1.54) is 11.0 Å². The normalized spacial score (nSPS) is 9.70. The minimum absolute atomic E-state index is 0.105. The van der Waals surface area contributed by atoms with Gasteiger partial charge in [0.05, 0.1) is 6.61 Å². The van der Waals surface area contributed by atoms with Gasteiger partial charge >= 0.3 is 18.0 Å². The van der Waals surface area contributed by atoms with E-state index in [1.54, 1.807) is 6.92 Å². The molecule has 1 N–H and O–H groups in total. The van der Waals surface area contributed by atoms with Crippen molar-refractivity contribution >= 4 is 18.0 Å². The van der Waals surface area contributed by atoms with Gasteiger partial charge in [-0.25, -0.2) is 4.79 Å². The number of hydrogen-bond acceptors (Lipinski definition) is 4. The number of aliphatic carboxylic acids is 1. The molecule has 0 fully saturated rings. The molecule has 20 heavy (non-hydrogen) atoms. The molecule has 7 nitrogen and oxygen atoms in total. The lowest BCUT2D eigenvalue weighted by molar-refractivity contribution is -0.143. The quantitative estimate of drug-likeness (QED) is 0.504. The van der Waals surface area contributed by atoms with E-state index in [-0.39, 0.29) is 19.7 Å². The third-order valence-electron chi connectivity index (χ3n) is 2.34. The Bertz CT molecular complexity index is 357. The molecule has 0 bridgehead atoms. The van der Waals surface area contributed by atoms with E-state index in [0.29, 0.717) is 13.0 Å². The molecule has 7 heteroatoms. The molecule has 0 atom stereocenters. The SMILES string of the molecule is C=CCN(CC(=O)O)C(=O)N(CCC)CC(=O)OCC. The lowest BCUT2D eigenvalue weighted by atomic mass is 10.4.